The maximum Gasteiger partial charge on any atom is 0.191 e. The summed E-state index contributed by atoms with van der Waals surface area (Å²) in [4.78, 5) is 9.15. The summed E-state index contributed by atoms with van der Waals surface area (Å²) >= 11 is 3.46. The van der Waals surface area contributed by atoms with Gasteiger partial charge in [0.2, 0.25) is 0 Å². The lowest BCUT2D eigenvalue weighted by molar-refractivity contribution is 0.809. The van der Waals surface area contributed by atoms with Crippen molar-refractivity contribution in [2.24, 2.45) is 4.99 Å². The Morgan fingerprint density at radius 3 is 2.95 bits per heavy atom. The molecule has 7 heteroatoms. The topological polar surface area (TPSA) is 53.7 Å². The minimum atomic E-state index is 0. The minimum Gasteiger partial charge on any atom is -0.357 e. The Hall–Kier alpha value is -0.830. The number of nitrogens with one attached hydrogen (secondary N) is 2. The number of hydrogen-bond acceptors (Lipinski definition) is 2. The Bertz CT molecular complexity index is 635. The van der Waals surface area contributed by atoms with Crippen LogP contribution in [-0.4, -0.2) is 27.9 Å². The van der Waals surface area contributed by atoms with Gasteiger partial charge in [-0.15, -0.1) is 24.0 Å². The molecule has 5 nitrogen and oxygen atoms in total. The van der Waals surface area contributed by atoms with Crippen LogP contribution in [0.5, 0.6) is 0 Å². The highest BCUT2D eigenvalue weighted by Crippen LogP contribution is 2.18. The van der Waals surface area contributed by atoms with Crippen molar-refractivity contribution < 1.29 is 0 Å². The normalized spacial score (nSPS) is 14.9. The van der Waals surface area contributed by atoms with E-state index in [0.717, 1.165) is 28.3 Å². The van der Waals surface area contributed by atoms with Crippen LogP contribution >= 0.6 is 39.9 Å². The first-order valence-electron chi connectivity index (χ1n) is 6.92. The molecule has 0 unspecified atom stereocenters. The summed E-state index contributed by atoms with van der Waals surface area (Å²) in [5.74, 6) is 0.883. The summed E-state index contributed by atoms with van der Waals surface area (Å²) in [7, 11) is 0. The number of fused-ring (bicyclic) bond motifs is 1. The predicted molar refractivity (Wildman–Crippen MR) is 99.3 cm³/mol. The molecule has 0 atom stereocenters. The number of guanidine groups is 1. The van der Waals surface area contributed by atoms with Crippen molar-refractivity contribution in [1.82, 2.24) is 20.0 Å². The number of aliphatic imine (C=N–C) groups is 1. The smallest absolute Gasteiger partial charge is 0.191 e. The lowest BCUT2D eigenvalue weighted by Crippen LogP contribution is -2.38. The third-order valence-electron chi connectivity index (χ3n) is 3.13. The van der Waals surface area contributed by atoms with E-state index in [-0.39, 0.29) is 24.0 Å². The van der Waals surface area contributed by atoms with Crippen LogP contribution in [0, 0.1) is 0 Å². The third-order valence-corrected chi connectivity index (χ3v) is 3.60. The van der Waals surface area contributed by atoms with Gasteiger partial charge in [-0.25, -0.2) is 9.98 Å². The molecule has 2 aromatic rings. The van der Waals surface area contributed by atoms with E-state index >= 15 is 0 Å². The Kier molecular flexibility index (Phi) is 5.86. The molecule has 0 bridgehead atoms. The van der Waals surface area contributed by atoms with Gasteiger partial charge in [-0.05, 0) is 47.8 Å². The van der Waals surface area contributed by atoms with Gasteiger partial charge in [0, 0.05) is 29.5 Å². The molecule has 2 N–H and O–H groups in total. The molecule has 1 saturated carbocycles. The van der Waals surface area contributed by atoms with Crippen LogP contribution in [0.3, 0.4) is 0 Å². The number of rotatable bonds is 4. The molecule has 0 spiro atoms. The largest absolute Gasteiger partial charge is 0.357 e. The fourth-order valence-electron chi connectivity index (χ4n) is 1.99. The summed E-state index contributed by atoms with van der Waals surface area (Å²) in [5, 5.41) is 6.67. The first kappa shape index (κ1) is 16.5. The van der Waals surface area contributed by atoms with Gasteiger partial charge >= 0.3 is 0 Å². The molecular formula is C14H19BrIN5. The number of pyridine rings is 1. The highest BCUT2D eigenvalue weighted by Gasteiger charge is 2.22. The van der Waals surface area contributed by atoms with Crippen LogP contribution in [0.4, 0.5) is 0 Å². The third kappa shape index (κ3) is 4.57. The molecule has 0 radical (unpaired) electrons. The molecule has 0 amide bonds. The second-order valence-electron chi connectivity index (χ2n) is 4.96. The Morgan fingerprint density at radius 2 is 2.24 bits per heavy atom. The zero-order valence-corrected chi connectivity index (χ0v) is 15.8. The van der Waals surface area contributed by atoms with Crippen molar-refractivity contribution in [1.29, 1.82) is 0 Å². The van der Waals surface area contributed by atoms with Crippen LogP contribution in [0.15, 0.2) is 34.0 Å². The van der Waals surface area contributed by atoms with Crippen LogP contribution in [0.2, 0.25) is 0 Å². The van der Waals surface area contributed by atoms with Gasteiger partial charge in [-0.2, -0.15) is 0 Å². The highest BCUT2D eigenvalue weighted by molar-refractivity contribution is 14.0. The van der Waals surface area contributed by atoms with Gasteiger partial charge < -0.3 is 15.0 Å². The van der Waals surface area contributed by atoms with E-state index in [4.69, 9.17) is 0 Å². The van der Waals surface area contributed by atoms with Gasteiger partial charge in [-0.3, -0.25) is 0 Å². The number of aromatic nitrogens is 2. The van der Waals surface area contributed by atoms with E-state index in [1.54, 1.807) is 0 Å². The molecule has 3 rings (SSSR count). The van der Waals surface area contributed by atoms with E-state index in [1.165, 1.54) is 12.8 Å². The minimum absolute atomic E-state index is 0. The molecule has 0 aromatic carbocycles. The monoisotopic (exact) mass is 463 g/mol. The van der Waals surface area contributed by atoms with E-state index in [2.05, 4.69) is 43.5 Å². The molecule has 1 aliphatic rings. The van der Waals surface area contributed by atoms with Crippen LogP contribution < -0.4 is 10.6 Å². The van der Waals surface area contributed by atoms with Gasteiger partial charge in [-0.1, -0.05) is 0 Å². The summed E-state index contributed by atoms with van der Waals surface area (Å²) < 4.78 is 3.05. The Labute approximate surface area is 149 Å². The highest BCUT2D eigenvalue weighted by atomic mass is 127. The van der Waals surface area contributed by atoms with Crippen LogP contribution in [0.25, 0.3) is 5.65 Å². The van der Waals surface area contributed by atoms with Gasteiger partial charge in [0.1, 0.15) is 5.65 Å². The summed E-state index contributed by atoms with van der Waals surface area (Å²) in [6.45, 7) is 3.53. The quantitative estimate of drug-likeness (QED) is 0.416. The number of halogens is 2. The fraction of sp³-hybridized carbons (Fsp3) is 0.429. The van der Waals surface area contributed by atoms with Crippen LogP contribution in [-0.2, 0) is 6.54 Å². The zero-order valence-electron chi connectivity index (χ0n) is 11.8. The lowest BCUT2D eigenvalue weighted by atomic mass is 10.5. The molecule has 0 saturated heterocycles. The molecule has 1 aliphatic carbocycles. The van der Waals surface area contributed by atoms with Crippen molar-refractivity contribution in [3.05, 3.63) is 34.7 Å². The Balaban J connectivity index is 0.00000161. The molecule has 0 aliphatic heterocycles. The van der Waals surface area contributed by atoms with E-state index in [0.29, 0.717) is 12.6 Å². The second-order valence-corrected chi connectivity index (χ2v) is 5.87. The van der Waals surface area contributed by atoms with Crippen molar-refractivity contribution >= 4 is 51.5 Å². The Morgan fingerprint density at radius 1 is 1.43 bits per heavy atom. The summed E-state index contributed by atoms with van der Waals surface area (Å²) in [5.41, 5.74) is 1.91. The second kappa shape index (κ2) is 7.44. The SMILES string of the molecule is CCNC(=NCc1cn2cc(Br)ccc2n1)NC1CC1.I. The maximum absolute atomic E-state index is 4.59. The molecule has 1 fully saturated rings. The molecule has 21 heavy (non-hydrogen) atoms. The van der Waals surface area contributed by atoms with Crippen molar-refractivity contribution in [3.63, 3.8) is 0 Å². The molecule has 2 aromatic heterocycles. The van der Waals surface area contributed by atoms with E-state index in [1.807, 2.05) is 28.9 Å². The maximum atomic E-state index is 4.59. The molecule has 2 heterocycles. The average molecular weight is 464 g/mol. The zero-order chi connectivity index (χ0) is 13.9. The van der Waals surface area contributed by atoms with Gasteiger partial charge in [0.05, 0.1) is 12.2 Å². The number of imidazole rings is 1. The standard InChI is InChI=1S/C14H18BrN5.HI/c1-2-16-14(19-11-4-5-11)17-7-12-9-20-8-10(15)3-6-13(20)18-12;/h3,6,8-9,11H,2,4-5,7H2,1H3,(H2,16,17,19);1H. The number of hydrogen-bond donors (Lipinski definition) is 2. The lowest BCUT2D eigenvalue weighted by Gasteiger charge is -2.09. The summed E-state index contributed by atoms with van der Waals surface area (Å²) in [6.07, 6.45) is 6.51. The summed E-state index contributed by atoms with van der Waals surface area (Å²) in [6, 6.07) is 4.59. The molecule has 114 valence electrons. The number of nitrogens with zero attached hydrogens (tertiary/aromatic N) is 3. The first-order valence-corrected chi connectivity index (χ1v) is 7.72. The average Bonchev–Trinajstić information content (AvgIpc) is 3.14. The predicted octanol–water partition coefficient (Wildman–Crippen LogP) is 2.93. The first-order chi connectivity index (χ1) is 9.74. The molecular weight excluding hydrogens is 445 g/mol. The van der Waals surface area contributed by atoms with E-state index in [9.17, 15) is 0 Å². The van der Waals surface area contributed by atoms with Crippen molar-refractivity contribution in [2.75, 3.05) is 6.54 Å². The van der Waals surface area contributed by atoms with E-state index < -0.39 is 0 Å². The van der Waals surface area contributed by atoms with Crippen molar-refractivity contribution in [3.8, 4) is 0 Å². The van der Waals surface area contributed by atoms with Crippen molar-refractivity contribution in [2.45, 2.75) is 32.4 Å². The fourth-order valence-corrected chi connectivity index (χ4v) is 2.35. The van der Waals surface area contributed by atoms with Gasteiger partial charge in [0.25, 0.3) is 0 Å². The van der Waals surface area contributed by atoms with Gasteiger partial charge in [0.15, 0.2) is 5.96 Å². The van der Waals surface area contributed by atoms with Crippen LogP contribution in [0.1, 0.15) is 25.5 Å².